The van der Waals surface area contributed by atoms with Crippen molar-refractivity contribution in [3.8, 4) is 11.8 Å². The van der Waals surface area contributed by atoms with E-state index in [-0.39, 0.29) is 0 Å². The lowest BCUT2D eigenvalue weighted by atomic mass is 9.82. The topological polar surface area (TPSA) is 15.7 Å². The van der Waals surface area contributed by atoms with Crippen LogP contribution in [-0.2, 0) is 4.74 Å². The summed E-state index contributed by atoms with van der Waals surface area (Å²) < 4.78 is 6.32. The van der Waals surface area contributed by atoms with Crippen molar-refractivity contribution >= 4 is 0 Å². The first kappa shape index (κ1) is 18.2. The molecule has 0 atom stereocenters. The van der Waals surface area contributed by atoms with Crippen LogP contribution in [0.15, 0.2) is 0 Å². The van der Waals surface area contributed by atoms with Crippen molar-refractivity contribution in [3.63, 3.8) is 0 Å². The molecule has 3 rings (SSSR count). The van der Waals surface area contributed by atoms with Crippen LogP contribution < -0.4 is 0 Å². The first-order valence-electron chi connectivity index (χ1n) is 10.2. The summed E-state index contributed by atoms with van der Waals surface area (Å²) in [6.07, 6.45) is 8.54. The van der Waals surface area contributed by atoms with Gasteiger partial charge in [-0.2, -0.15) is 0 Å². The summed E-state index contributed by atoms with van der Waals surface area (Å²) in [6, 6.07) is 0. The summed E-state index contributed by atoms with van der Waals surface area (Å²) in [7, 11) is 2.25. The lowest BCUT2D eigenvalue weighted by Crippen LogP contribution is -2.44. The molecule has 0 amide bonds. The third-order valence-corrected chi connectivity index (χ3v) is 5.94. The Balaban J connectivity index is 1.29. The summed E-state index contributed by atoms with van der Waals surface area (Å²) in [5.74, 6) is 8.72. The quantitative estimate of drug-likeness (QED) is 0.735. The Labute approximate surface area is 149 Å². The predicted molar refractivity (Wildman–Crippen MR) is 99.9 cm³/mol. The number of hydrogen-bond donors (Lipinski definition) is 0. The molecule has 1 saturated carbocycles. The lowest BCUT2D eigenvalue weighted by molar-refractivity contribution is -0.0858. The van der Waals surface area contributed by atoms with Crippen molar-refractivity contribution in [2.24, 2.45) is 17.8 Å². The van der Waals surface area contributed by atoms with Gasteiger partial charge in [0.1, 0.15) is 0 Å². The molecular formula is C21H36N2O. The van der Waals surface area contributed by atoms with Gasteiger partial charge in [0.15, 0.2) is 0 Å². The first-order valence-corrected chi connectivity index (χ1v) is 10.2. The zero-order chi connectivity index (χ0) is 16.9. The number of hydrogen-bond acceptors (Lipinski definition) is 3. The van der Waals surface area contributed by atoms with Gasteiger partial charge in [-0.15, -0.1) is 5.92 Å². The average Bonchev–Trinajstić information content (AvgIpc) is 2.53. The highest BCUT2D eigenvalue weighted by atomic mass is 16.5. The Morgan fingerprint density at radius 1 is 0.958 bits per heavy atom. The molecule has 0 N–H and O–H groups in total. The second-order valence-corrected chi connectivity index (χ2v) is 8.62. The van der Waals surface area contributed by atoms with Gasteiger partial charge in [0.2, 0.25) is 0 Å². The molecule has 0 aromatic rings. The van der Waals surface area contributed by atoms with E-state index in [1.54, 1.807) is 0 Å². The molecule has 3 fully saturated rings. The summed E-state index contributed by atoms with van der Waals surface area (Å²) in [5, 5.41) is 0. The van der Waals surface area contributed by atoms with Crippen LogP contribution in [0.25, 0.3) is 0 Å². The highest BCUT2D eigenvalue weighted by Crippen LogP contribution is 2.32. The van der Waals surface area contributed by atoms with Gasteiger partial charge in [0.25, 0.3) is 0 Å². The molecule has 3 aliphatic rings. The maximum Gasteiger partial charge on any atom is 0.0603 e. The zero-order valence-corrected chi connectivity index (χ0v) is 16.0. The third kappa shape index (κ3) is 5.48. The van der Waals surface area contributed by atoms with E-state index >= 15 is 0 Å². The van der Waals surface area contributed by atoms with Crippen molar-refractivity contribution in [2.75, 3.05) is 39.8 Å². The molecule has 136 valence electrons. The maximum absolute atomic E-state index is 6.32. The van der Waals surface area contributed by atoms with Crippen molar-refractivity contribution in [1.29, 1.82) is 0 Å². The molecule has 1 aliphatic carbocycles. The first-order chi connectivity index (χ1) is 11.6. The van der Waals surface area contributed by atoms with E-state index in [9.17, 15) is 0 Å². The maximum atomic E-state index is 6.32. The highest BCUT2D eigenvalue weighted by Gasteiger charge is 2.32. The van der Waals surface area contributed by atoms with E-state index in [1.807, 2.05) is 0 Å². The van der Waals surface area contributed by atoms with Crippen LogP contribution in [0.1, 0.15) is 52.4 Å². The monoisotopic (exact) mass is 332 g/mol. The molecule has 0 aromatic carbocycles. The second kappa shape index (κ2) is 8.70. The van der Waals surface area contributed by atoms with Gasteiger partial charge in [-0.1, -0.05) is 19.8 Å². The minimum Gasteiger partial charge on any atom is -0.375 e. The minimum absolute atomic E-state index is 0.488. The highest BCUT2D eigenvalue weighted by molar-refractivity contribution is 5.10. The zero-order valence-electron chi connectivity index (χ0n) is 16.0. The molecule has 0 bridgehead atoms. The molecule has 0 aromatic heterocycles. The molecule has 3 nitrogen and oxygen atoms in total. The minimum atomic E-state index is 0.488. The van der Waals surface area contributed by atoms with Gasteiger partial charge in [-0.25, -0.2) is 0 Å². The van der Waals surface area contributed by atoms with E-state index < -0.39 is 0 Å². The smallest absolute Gasteiger partial charge is 0.0603 e. The average molecular weight is 333 g/mol. The van der Waals surface area contributed by atoms with Crippen molar-refractivity contribution < 1.29 is 4.74 Å². The fourth-order valence-corrected chi connectivity index (χ4v) is 4.19. The van der Waals surface area contributed by atoms with E-state index in [0.29, 0.717) is 24.0 Å². The van der Waals surface area contributed by atoms with Crippen LogP contribution in [0, 0.1) is 29.6 Å². The van der Waals surface area contributed by atoms with E-state index in [1.165, 1.54) is 58.4 Å². The number of ether oxygens (including phenoxy) is 1. The number of rotatable bonds is 4. The molecule has 0 spiro atoms. The van der Waals surface area contributed by atoms with Gasteiger partial charge in [-0.05, 0) is 64.6 Å². The molecule has 24 heavy (non-hydrogen) atoms. The standard InChI is InChI=1S/C21H36N2O/c1-17(2)4-5-19-14-21(15-19)24-20-8-12-23(13-9-20)16-18-6-10-22(3)11-7-18/h17-21H,6-16H2,1-3H3. The molecule has 0 radical (unpaired) electrons. The van der Waals surface area contributed by atoms with Gasteiger partial charge in [0, 0.05) is 31.5 Å². The van der Waals surface area contributed by atoms with Crippen molar-refractivity contribution in [3.05, 3.63) is 0 Å². The number of likely N-dealkylation sites (tertiary alicyclic amines) is 2. The van der Waals surface area contributed by atoms with Crippen LogP contribution in [-0.4, -0.2) is 61.8 Å². The van der Waals surface area contributed by atoms with E-state index in [4.69, 9.17) is 4.74 Å². The van der Waals surface area contributed by atoms with Gasteiger partial charge >= 0.3 is 0 Å². The largest absolute Gasteiger partial charge is 0.375 e. The predicted octanol–water partition coefficient (Wildman–Crippen LogP) is 3.25. The Kier molecular flexibility index (Phi) is 6.61. The molecule has 2 aliphatic heterocycles. The third-order valence-electron chi connectivity index (χ3n) is 5.94. The lowest BCUT2D eigenvalue weighted by Gasteiger charge is -2.40. The Hall–Kier alpha value is -0.560. The van der Waals surface area contributed by atoms with Crippen LogP contribution >= 0.6 is 0 Å². The summed E-state index contributed by atoms with van der Waals surface area (Å²) >= 11 is 0. The Morgan fingerprint density at radius 2 is 1.62 bits per heavy atom. The normalized spacial score (nSPS) is 30.8. The molecule has 3 heteroatoms. The van der Waals surface area contributed by atoms with Gasteiger partial charge in [0.05, 0.1) is 12.2 Å². The molecular weight excluding hydrogens is 296 g/mol. The van der Waals surface area contributed by atoms with Gasteiger partial charge < -0.3 is 14.5 Å². The molecule has 2 saturated heterocycles. The van der Waals surface area contributed by atoms with Crippen LogP contribution in [0.3, 0.4) is 0 Å². The van der Waals surface area contributed by atoms with E-state index in [2.05, 4.69) is 42.5 Å². The van der Waals surface area contributed by atoms with Gasteiger partial charge in [-0.3, -0.25) is 0 Å². The van der Waals surface area contributed by atoms with Crippen LogP contribution in [0.5, 0.6) is 0 Å². The number of nitrogens with zero attached hydrogens (tertiary/aromatic N) is 2. The summed E-state index contributed by atoms with van der Waals surface area (Å²) in [6.45, 7) is 10.7. The van der Waals surface area contributed by atoms with Crippen molar-refractivity contribution in [1.82, 2.24) is 9.80 Å². The Morgan fingerprint density at radius 3 is 2.25 bits per heavy atom. The fourth-order valence-electron chi connectivity index (χ4n) is 4.19. The summed E-state index contributed by atoms with van der Waals surface area (Å²) in [4.78, 5) is 5.15. The molecule has 0 unspecified atom stereocenters. The molecule has 2 heterocycles. The SMILES string of the molecule is CC(C)C#CC1CC(OC2CCN(CC3CCN(C)CC3)CC2)C1. The van der Waals surface area contributed by atoms with E-state index in [0.717, 1.165) is 18.8 Å². The number of piperidine rings is 2. The fraction of sp³-hybridized carbons (Fsp3) is 0.905. The van der Waals surface area contributed by atoms with Crippen LogP contribution in [0.4, 0.5) is 0 Å². The van der Waals surface area contributed by atoms with Crippen molar-refractivity contribution in [2.45, 2.75) is 64.6 Å². The van der Waals surface area contributed by atoms with Crippen LogP contribution in [0.2, 0.25) is 0 Å². The second-order valence-electron chi connectivity index (χ2n) is 8.62. The Bertz CT molecular complexity index is 430. The summed E-state index contributed by atoms with van der Waals surface area (Å²) in [5.41, 5.74) is 0.